The monoisotopic (exact) mass is 390 g/mol. The number of benzene rings is 1. The molecule has 1 N–H and O–H groups in total. The van der Waals surface area contributed by atoms with E-state index in [2.05, 4.69) is 15.5 Å². The number of carbonyl (C=O) groups is 1. The fourth-order valence-corrected chi connectivity index (χ4v) is 3.19. The topological polar surface area (TPSA) is 57.6 Å². The molecule has 3 rings (SSSR count). The molecule has 2 heterocycles. The van der Waals surface area contributed by atoms with Crippen molar-refractivity contribution in [2.45, 2.75) is 25.6 Å². The Morgan fingerprint density at radius 1 is 1.18 bits per heavy atom. The van der Waals surface area contributed by atoms with Crippen molar-refractivity contribution in [2.24, 2.45) is 11.0 Å². The van der Waals surface area contributed by atoms with E-state index in [0.29, 0.717) is 18.7 Å². The highest BCUT2D eigenvalue weighted by atomic mass is 19.4. The largest absolute Gasteiger partial charge is 0.416 e. The average Bonchev–Trinajstić information content (AvgIpc) is 2.69. The predicted octanol–water partition coefficient (Wildman–Crippen LogP) is 3.73. The zero-order valence-electron chi connectivity index (χ0n) is 15.2. The van der Waals surface area contributed by atoms with Crippen LogP contribution in [0.3, 0.4) is 0 Å². The molecule has 1 aliphatic heterocycles. The fourth-order valence-electron chi connectivity index (χ4n) is 3.19. The van der Waals surface area contributed by atoms with Crippen molar-refractivity contribution in [3.63, 3.8) is 0 Å². The quantitative estimate of drug-likeness (QED) is 0.625. The lowest BCUT2D eigenvalue weighted by molar-refractivity contribution is -0.138. The van der Waals surface area contributed by atoms with Gasteiger partial charge in [0.05, 0.1) is 5.56 Å². The van der Waals surface area contributed by atoms with Crippen LogP contribution in [0.1, 0.15) is 34.5 Å². The molecule has 0 saturated carbocycles. The zero-order valence-corrected chi connectivity index (χ0v) is 15.2. The number of hydrogen-bond acceptors (Lipinski definition) is 4. The number of pyridine rings is 1. The molecule has 1 aliphatic rings. The molecule has 1 saturated heterocycles. The van der Waals surface area contributed by atoms with Gasteiger partial charge in [0.2, 0.25) is 0 Å². The Morgan fingerprint density at radius 2 is 1.89 bits per heavy atom. The molecule has 0 spiro atoms. The molecular formula is C20H21F3N4O. The third-order valence-corrected chi connectivity index (χ3v) is 4.70. The van der Waals surface area contributed by atoms with Crippen molar-refractivity contribution in [1.82, 2.24) is 15.3 Å². The van der Waals surface area contributed by atoms with E-state index >= 15 is 0 Å². The Hall–Kier alpha value is -2.74. The molecule has 1 aromatic heterocycles. The molecule has 1 amide bonds. The van der Waals surface area contributed by atoms with Crippen LogP contribution in [-0.4, -0.2) is 35.1 Å². The van der Waals surface area contributed by atoms with E-state index in [4.69, 9.17) is 0 Å². The standard InChI is InChI=1S/C20H21F3N4O/c21-20(22,23)17-6-2-1-5-16(17)14-27-11-8-15(9-12-27)13-25-26-19(28)18-7-3-4-10-24-18/h1-7,10,13,15H,8-9,11-12,14H2,(H,26,28). The number of likely N-dealkylation sites (tertiary alicyclic amines) is 1. The first-order valence-electron chi connectivity index (χ1n) is 9.05. The van der Waals surface area contributed by atoms with Crippen molar-refractivity contribution in [3.05, 3.63) is 65.5 Å². The van der Waals surface area contributed by atoms with E-state index in [1.54, 1.807) is 30.5 Å². The highest BCUT2D eigenvalue weighted by Crippen LogP contribution is 2.32. The van der Waals surface area contributed by atoms with Gasteiger partial charge in [0.25, 0.3) is 5.91 Å². The molecular weight excluding hydrogens is 369 g/mol. The molecule has 0 unspecified atom stereocenters. The minimum atomic E-state index is -4.34. The molecule has 1 aromatic carbocycles. The van der Waals surface area contributed by atoms with Crippen LogP contribution >= 0.6 is 0 Å². The van der Waals surface area contributed by atoms with Crippen LogP contribution in [-0.2, 0) is 12.7 Å². The molecule has 0 radical (unpaired) electrons. The molecule has 0 aliphatic carbocycles. The van der Waals surface area contributed by atoms with Crippen molar-refractivity contribution in [1.29, 1.82) is 0 Å². The van der Waals surface area contributed by atoms with Crippen LogP contribution in [0.15, 0.2) is 53.8 Å². The third kappa shape index (κ3) is 5.39. The molecule has 28 heavy (non-hydrogen) atoms. The van der Waals surface area contributed by atoms with Gasteiger partial charge in [-0.2, -0.15) is 18.3 Å². The summed E-state index contributed by atoms with van der Waals surface area (Å²) in [6.45, 7) is 1.63. The highest BCUT2D eigenvalue weighted by molar-refractivity contribution is 5.92. The maximum atomic E-state index is 13.1. The molecule has 0 atom stereocenters. The predicted molar refractivity (Wildman–Crippen MR) is 99.6 cm³/mol. The van der Waals surface area contributed by atoms with Gasteiger partial charge >= 0.3 is 6.18 Å². The number of piperidine rings is 1. The number of halogens is 3. The molecule has 2 aromatic rings. The Morgan fingerprint density at radius 3 is 2.57 bits per heavy atom. The van der Waals surface area contributed by atoms with Gasteiger partial charge in [-0.05, 0) is 55.6 Å². The van der Waals surface area contributed by atoms with Crippen LogP contribution in [0, 0.1) is 5.92 Å². The Balaban J connectivity index is 1.48. The van der Waals surface area contributed by atoms with E-state index in [9.17, 15) is 18.0 Å². The van der Waals surface area contributed by atoms with Crippen LogP contribution in [0.25, 0.3) is 0 Å². The van der Waals surface area contributed by atoms with Crippen LogP contribution in [0.2, 0.25) is 0 Å². The van der Waals surface area contributed by atoms with E-state index in [1.165, 1.54) is 18.3 Å². The minimum Gasteiger partial charge on any atom is -0.299 e. The summed E-state index contributed by atoms with van der Waals surface area (Å²) in [5.74, 6) is -0.198. The lowest BCUT2D eigenvalue weighted by Crippen LogP contribution is -2.34. The van der Waals surface area contributed by atoms with Gasteiger partial charge in [-0.1, -0.05) is 24.3 Å². The smallest absolute Gasteiger partial charge is 0.299 e. The summed E-state index contributed by atoms with van der Waals surface area (Å²) in [6.07, 6.45) is 0.439. The van der Waals surface area contributed by atoms with Gasteiger partial charge in [0.1, 0.15) is 5.69 Å². The van der Waals surface area contributed by atoms with Gasteiger partial charge in [0.15, 0.2) is 0 Å². The highest BCUT2D eigenvalue weighted by Gasteiger charge is 2.33. The molecule has 5 nitrogen and oxygen atoms in total. The lowest BCUT2D eigenvalue weighted by atomic mass is 9.97. The van der Waals surface area contributed by atoms with Crippen LogP contribution in [0.4, 0.5) is 13.2 Å². The summed E-state index contributed by atoms with van der Waals surface area (Å²) < 4.78 is 39.4. The summed E-state index contributed by atoms with van der Waals surface area (Å²) in [7, 11) is 0. The second-order valence-electron chi connectivity index (χ2n) is 6.70. The number of aromatic nitrogens is 1. The second kappa shape index (κ2) is 8.97. The van der Waals surface area contributed by atoms with Gasteiger partial charge < -0.3 is 0 Å². The Kier molecular flexibility index (Phi) is 6.41. The van der Waals surface area contributed by atoms with Gasteiger partial charge in [-0.15, -0.1) is 0 Å². The van der Waals surface area contributed by atoms with Crippen LogP contribution in [0.5, 0.6) is 0 Å². The third-order valence-electron chi connectivity index (χ3n) is 4.70. The number of nitrogens with zero attached hydrogens (tertiary/aromatic N) is 3. The minimum absolute atomic E-state index is 0.179. The van der Waals surface area contributed by atoms with Crippen molar-refractivity contribution >= 4 is 12.1 Å². The second-order valence-corrected chi connectivity index (χ2v) is 6.70. The van der Waals surface area contributed by atoms with E-state index < -0.39 is 11.7 Å². The van der Waals surface area contributed by atoms with E-state index in [0.717, 1.165) is 18.9 Å². The Bertz CT molecular complexity index is 816. The number of carbonyl (C=O) groups excluding carboxylic acids is 1. The summed E-state index contributed by atoms with van der Waals surface area (Å²) in [5.41, 5.74) is 2.46. The number of rotatable bonds is 5. The fraction of sp³-hybridized carbons (Fsp3) is 0.350. The number of hydrogen-bond donors (Lipinski definition) is 1. The molecule has 1 fully saturated rings. The van der Waals surface area contributed by atoms with Gasteiger partial charge in [-0.25, -0.2) is 5.43 Å². The molecule has 0 bridgehead atoms. The first-order chi connectivity index (χ1) is 13.4. The zero-order chi connectivity index (χ0) is 20.0. The van der Waals surface area contributed by atoms with Gasteiger partial charge in [0, 0.05) is 19.0 Å². The first-order valence-corrected chi connectivity index (χ1v) is 9.05. The average molecular weight is 390 g/mol. The molecule has 8 heteroatoms. The summed E-state index contributed by atoms with van der Waals surface area (Å²) in [5, 5.41) is 3.99. The Labute approximate surface area is 161 Å². The number of alkyl halides is 3. The van der Waals surface area contributed by atoms with Crippen molar-refractivity contribution in [3.8, 4) is 0 Å². The van der Waals surface area contributed by atoms with E-state index in [-0.39, 0.29) is 24.1 Å². The lowest BCUT2D eigenvalue weighted by Gasteiger charge is -2.30. The number of hydrazone groups is 1. The normalized spacial score (nSPS) is 16.4. The summed E-state index contributed by atoms with van der Waals surface area (Å²) in [6, 6.07) is 10.7. The number of amides is 1. The van der Waals surface area contributed by atoms with E-state index in [1.807, 2.05) is 4.90 Å². The summed E-state index contributed by atoms with van der Waals surface area (Å²) >= 11 is 0. The maximum absolute atomic E-state index is 13.1. The molecule has 148 valence electrons. The maximum Gasteiger partial charge on any atom is 0.416 e. The van der Waals surface area contributed by atoms with Crippen molar-refractivity contribution in [2.75, 3.05) is 13.1 Å². The van der Waals surface area contributed by atoms with Crippen molar-refractivity contribution < 1.29 is 18.0 Å². The number of nitrogens with one attached hydrogen (secondary N) is 1. The van der Waals surface area contributed by atoms with Gasteiger partial charge in [-0.3, -0.25) is 14.7 Å². The first kappa shape index (κ1) is 20.0. The summed E-state index contributed by atoms with van der Waals surface area (Å²) in [4.78, 5) is 17.8. The SMILES string of the molecule is O=C(NN=CC1CCN(Cc2ccccc2C(F)(F)F)CC1)c1ccccn1. The van der Waals surface area contributed by atoms with Crippen LogP contribution < -0.4 is 5.43 Å².